The van der Waals surface area contributed by atoms with Crippen LogP contribution in [0.1, 0.15) is 24.5 Å². The fourth-order valence-electron chi connectivity index (χ4n) is 3.51. The number of benzene rings is 3. The van der Waals surface area contributed by atoms with Gasteiger partial charge in [0.1, 0.15) is 11.8 Å². The van der Waals surface area contributed by atoms with Crippen LogP contribution in [-0.4, -0.2) is 35.9 Å². The molecule has 0 aromatic heterocycles. The van der Waals surface area contributed by atoms with Crippen molar-refractivity contribution in [2.75, 3.05) is 13.2 Å². The van der Waals surface area contributed by atoms with Crippen LogP contribution in [0.2, 0.25) is 10.0 Å². The lowest BCUT2D eigenvalue weighted by molar-refractivity contribution is -0.142. The standard InChI is InChI=1S/C27H27BrCl2N2O3/c1-2-14-31-27(34)25(16-19-6-4-3-5-7-19)32(17-20-8-13-23(29)24(30)15-20)26(33)18-35-22-11-9-21(28)10-12-22/h3-13,15,25H,2,14,16-18H2,1H3,(H,31,34)/t25-/m1/s1. The van der Waals surface area contributed by atoms with Gasteiger partial charge in [-0.2, -0.15) is 0 Å². The molecule has 184 valence electrons. The Morgan fingerprint density at radius 2 is 1.69 bits per heavy atom. The second kappa shape index (κ2) is 13.5. The van der Waals surface area contributed by atoms with Crippen molar-refractivity contribution in [3.63, 3.8) is 0 Å². The molecule has 0 fully saturated rings. The molecule has 1 atom stereocenters. The first-order valence-electron chi connectivity index (χ1n) is 11.3. The Morgan fingerprint density at radius 1 is 0.971 bits per heavy atom. The average Bonchev–Trinajstić information content (AvgIpc) is 2.86. The molecule has 0 spiro atoms. The summed E-state index contributed by atoms with van der Waals surface area (Å²) in [5.41, 5.74) is 1.71. The van der Waals surface area contributed by atoms with Crippen LogP contribution in [0.15, 0.2) is 77.3 Å². The number of halogens is 3. The maximum atomic E-state index is 13.5. The molecule has 0 saturated carbocycles. The molecule has 8 heteroatoms. The predicted molar refractivity (Wildman–Crippen MR) is 144 cm³/mol. The molecule has 0 heterocycles. The van der Waals surface area contributed by atoms with Gasteiger partial charge in [0.15, 0.2) is 6.61 Å². The second-order valence-corrected chi connectivity index (χ2v) is 9.74. The molecule has 0 radical (unpaired) electrons. The van der Waals surface area contributed by atoms with Crippen LogP contribution in [0.5, 0.6) is 5.75 Å². The van der Waals surface area contributed by atoms with Crippen LogP contribution in [0.3, 0.4) is 0 Å². The van der Waals surface area contributed by atoms with Crippen molar-refractivity contribution in [3.05, 3.63) is 98.4 Å². The third-order valence-electron chi connectivity index (χ3n) is 5.33. The van der Waals surface area contributed by atoms with Crippen LogP contribution in [0, 0.1) is 0 Å². The van der Waals surface area contributed by atoms with Gasteiger partial charge < -0.3 is 15.0 Å². The topological polar surface area (TPSA) is 58.6 Å². The number of hydrogen-bond donors (Lipinski definition) is 1. The van der Waals surface area contributed by atoms with E-state index in [1.165, 1.54) is 0 Å². The molecule has 2 amide bonds. The maximum Gasteiger partial charge on any atom is 0.261 e. The molecule has 35 heavy (non-hydrogen) atoms. The molecule has 0 aliphatic carbocycles. The fraction of sp³-hybridized carbons (Fsp3) is 0.259. The molecule has 0 bridgehead atoms. The molecule has 5 nitrogen and oxygen atoms in total. The summed E-state index contributed by atoms with van der Waals surface area (Å²) in [5, 5.41) is 3.76. The third-order valence-corrected chi connectivity index (χ3v) is 6.60. The van der Waals surface area contributed by atoms with Crippen LogP contribution in [-0.2, 0) is 22.6 Å². The molecule has 0 aliphatic rings. The van der Waals surface area contributed by atoms with Crippen LogP contribution < -0.4 is 10.1 Å². The number of hydrogen-bond acceptors (Lipinski definition) is 3. The van der Waals surface area contributed by atoms with Crippen molar-refractivity contribution < 1.29 is 14.3 Å². The SMILES string of the molecule is CCCNC(=O)[C@@H](Cc1ccccc1)N(Cc1ccc(Cl)c(Cl)c1)C(=O)COc1ccc(Br)cc1. The zero-order valence-electron chi connectivity index (χ0n) is 19.3. The predicted octanol–water partition coefficient (Wildman–Crippen LogP) is 6.30. The lowest BCUT2D eigenvalue weighted by atomic mass is 10.0. The van der Waals surface area contributed by atoms with Gasteiger partial charge in [-0.15, -0.1) is 0 Å². The van der Waals surface area contributed by atoms with Crippen molar-refractivity contribution in [1.29, 1.82) is 0 Å². The van der Waals surface area contributed by atoms with E-state index in [0.29, 0.717) is 28.8 Å². The summed E-state index contributed by atoms with van der Waals surface area (Å²) in [7, 11) is 0. The Hall–Kier alpha value is -2.54. The Bertz CT molecular complexity index is 1130. The highest BCUT2D eigenvalue weighted by atomic mass is 79.9. The zero-order chi connectivity index (χ0) is 25.2. The van der Waals surface area contributed by atoms with Crippen molar-refractivity contribution in [3.8, 4) is 5.75 Å². The molecule has 0 unspecified atom stereocenters. The van der Waals surface area contributed by atoms with Crippen LogP contribution >= 0.6 is 39.1 Å². The van der Waals surface area contributed by atoms with E-state index < -0.39 is 6.04 Å². The largest absolute Gasteiger partial charge is 0.484 e. The third kappa shape index (κ3) is 8.27. The van der Waals surface area contributed by atoms with Gasteiger partial charge in [0.05, 0.1) is 10.0 Å². The second-order valence-electron chi connectivity index (χ2n) is 8.01. The van der Waals surface area contributed by atoms with Crippen molar-refractivity contribution >= 4 is 50.9 Å². The van der Waals surface area contributed by atoms with Crippen LogP contribution in [0.4, 0.5) is 0 Å². The summed E-state index contributed by atoms with van der Waals surface area (Å²) in [6.45, 7) is 2.47. The first-order valence-corrected chi connectivity index (χ1v) is 12.9. The summed E-state index contributed by atoms with van der Waals surface area (Å²) in [6.07, 6.45) is 1.15. The highest BCUT2D eigenvalue weighted by Gasteiger charge is 2.30. The van der Waals surface area contributed by atoms with E-state index in [2.05, 4.69) is 21.2 Å². The summed E-state index contributed by atoms with van der Waals surface area (Å²) in [5.74, 6) is 0.0328. The fourth-order valence-corrected chi connectivity index (χ4v) is 4.10. The highest BCUT2D eigenvalue weighted by molar-refractivity contribution is 9.10. The van der Waals surface area contributed by atoms with Crippen molar-refractivity contribution in [2.45, 2.75) is 32.4 Å². The maximum absolute atomic E-state index is 13.5. The van der Waals surface area contributed by atoms with E-state index in [9.17, 15) is 9.59 Å². The quantitative estimate of drug-likeness (QED) is 0.291. The summed E-state index contributed by atoms with van der Waals surface area (Å²) in [4.78, 5) is 28.3. The molecule has 0 aliphatic heterocycles. The summed E-state index contributed by atoms with van der Waals surface area (Å²) in [6, 6.07) is 21.3. The van der Waals surface area contributed by atoms with Gasteiger partial charge in [0, 0.05) is 24.0 Å². The minimum Gasteiger partial charge on any atom is -0.484 e. The van der Waals surface area contributed by atoms with Gasteiger partial charge >= 0.3 is 0 Å². The number of carbonyl (C=O) groups is 2. The Kier molecular flexibility index (Phi) is 10.5. The number of ether oxygens (including phenoxy) is 1. The smallest absolute Gasteiger partial charge is 0.261 e. The van der Waals surface area contributed by atoms with Gasteiger partial charge in [0.25, 0.3) is 5.91 Å². The van der Waals surface area contributed by atoms with Crippen LogP contribution in [0.25, 0.3) is 0 Å². The van der Waals surface area contributed by atoms with E-state index in [0.717, 1.165) is 22.0 Å². The Morgan fingerprint density at radius 3 is 2.34 bits per heavy atom. The summed E-state index contributed by atoms with van der Waals surface area (Å²) < 4.78 is 6.66. The highest BCUT2D eigenvalue weighted by Crippen LogP contribution is 2.24. The zero-order valence-corrected chi connectivity index (χ0v) is 22.4. The number of amides is 2. The number of rotatable bonds is 11. The Labute approximate surface area is 224 Å². The lowest BCUT2D eigenvalue weighted by Gasteiger charge is -2.31. The molecule has 0 saturated heterocycles. The molecular weight excluding hydrogens is 551 g/mol. The van der Waals surface area contributed by atoms with Gasteiger partial charge in [-0.05, 0) is 53.9 Å². The average molecular weight is 578 g/mol. The summed E-state index contributed by atoms with van der Waals surface area (Å²) >= 11 is 15.7. The van der Waals surface area contributed by atoms with Gasteiger partial charge in [-0.25, -0.2) is 0 Å². The van der Waals surface area contributed by atoms with Gasteiger partial charge in [-0.1, -0.05) is 82.5 Å². The minimum absolute atomic E-state index is 0.177. The van der Waals surface area contributed by atoms with E-state index >= 15 is 0 Å². The van der Waals surface area contributed by atoms with Crippen molar-refractivity contribution in [2.24, 2.45) is 0 Å². The molecule has 1 N–H and O–H groups in total. The van der Waals surface area contributed by atoms with E-state index in [-0.39, 0.29) is 25.0 Å². The van der Waals surface area contributed by atoms with Crippen molar-refractivity contribution in [1.82, 2.24) is 10.2 Å². The molecular formula is C27H27BrCl2N2O3. The molecule has 3 aromatic rings. The normalized spacial score (nSPS) is 11.5. The minimum atomic E-state index is -0.737. The first-order chi connectivity index (χ1) is 16.9. The Balaban J connectivity index is 1.90. The number of carbonyl (C=O) groups excluding carboxylic acids is 2. The monoisotopic (exact) mass is 576 g/mol. The number of nitrogens with one attached hydrogen (secondary N) is 1. The molecule has 3 rings (SSSR count). The number of nitrogens with zero attached hydrogens (tertiary/aromatic N) is 1. The van der Waals surface area contributed by atoms with E-state index in [1.807, 2.05) is 49.4 Å². The lowest BCUT2D eigenvalue weighted by Crippen LogP contribution is -2.51. The first kappa shape index (κ1) is 27.1. The van der Waals surface area contributed by atoms with E-state index in [1.54, 1.807) is 35.2 Å². The molecule has 3 aromatic carbocycles. The van der Waals surface area contributed by atoms with E-state index in [4.69, 9.17) is 27.9 Å². The van der Waals surface area contributed by atoms with Gasteiger partial charge in [0.2, 0.25) is 5.91 Å². The van der Waals surface area contributed by atoms with Gasteiger partial charge in [-0.3, -0.25) is 9.59 Å².